The molecule has 0 aromatic heterocycles. The van der Waals surface area contributed by atoms with Crippen molar-refractivity contribution in [2.75, 3.05) is 6.54 Å². The maximum absolute atomic E-state index is 12.0. The molecule has 130 valence electrons. The number of amides is 1. The van der Waals surface area contributed by atoms with Gasteiger partial charge in [-0.1, -0.05) is 30.3 Å². The average molecular weight is 358 g/mol. The van der Waals surface area contributed by atoms with Crippen molar-refractivity contribution in [3.8, 4) is 0 Å². The monoisotopic (exact) mass is 358 g/mol. The number of hydrogen-bond acceptors (Lipinski definition) is 4. The molecule has 0 saturated carbocycles. The molecule has 1 amide bonds. The van der Waals surface area contributed by atoms with Crippen LogP contribution in [-0.2, 0) is 6.42 Å². The van der Waals surface area contributed by atoms with Crippen LogP contribution >= 0.6 is 12.2 Å². The molecular formula is C17H18N4O3S. The predicted octanol–water partition coefficient (Wildman–Crippen LogP) is 2.25. The summed E-state index contributed by atoms with van der Waals surface area (Å²) in [7, 11) is 0. The van der Waals surface area contributed by atoms with Crippen LogP contribution in [0.25, 0.3) is 0 Å². The second-order valence-corrected chi connectivity index (χ2v) is 5.74. The summed E-state index contributed by atoms with van der Waals surface area (Å²) in [6, 6.07) is 14.1. The first-order chi connectivity index (χ1) is 12.0. The summed E-state index contributed by atoms with van der Waals surface area (Å²) in [6.07, 6.45) is 0.804. The number of nitro benzene ring substituents is 1. The van der Waals surface area contributed by atoms with Crippen molar-refractivity contribution in [3.63, 3.8) is 0 Å². The normalized spacial score (nSPS) is 9.96. The van der Waals surface area contributed by atoms with Crippen molar-refractivity contribution in [2.45, 2.75) is 13.3 Å². The number of carbonyl (C=O) groups is 1. The van der Waals surface area contributed by atoms with E-state index in [9.17, 15) is 14.9 Å². The molecule has 0 heterocycles. The van der Waals surface area contributed by atoms with E-state index in [-0.39, 0.29) is 5.69 Å². The molecule has 0 atom stereocenters. The van der Waals surface area contributed by atoms with E-state index in [1.54, 1.807) is 6.92 Å². The molecular weight excluding hydrogens is 340 g/mol. The summed E-state index contributed by atoms with van der Waals surface area (Å²) < 4.78 is 0. The van der Waals surface area contributed by atoms with Crippen LogP contribution in [-0.4, -0.2) is 22.5 Å². The minimum absolute atomic E-state index is 0.0254. The Morgan fingerprint density at radius 2 is 1.88 bits per heavy atom. The molecule has 0 spiro atoms. The van der Waals surface area contributed by atoms with Crippen LogP contribution in [0.1, 0.15) is 21.5 Å². The Bertz CT molecular complexity index is 781. The van der Waals surface area contributed by atoms with Gasteiger partial charge in [-0.3, -0.25) is 25.8 Å². The first kappa shape index (κ1) is 18.3. The quantitative estimate of drug-likeness (QED) is 0.431. The number of rotatable bonds is 5. The van der Waals surface area contributed by atoms with Crippen molar-refractivity contribution < 1.29 is 9.72 Å². The van der Waals surface area contributed by atoms with Crippen molar-refractivity contribution in [3.05, 3.63) is 75.3 Å². The van der Waals surface area contributed by atoms with Gasteiger partial charge in [-0.2, -0.15) is 0 Å². The average Bonchev–Trinajstić information content (AvgIpc) is 2.60. The van der Waals surface area contributed by atoms with Gasteiger partial charge in [0, 0.05) is 23.7 Å². The van der Waals surface area contributed by atoms with E-state index in [2.05, 4.69) is 16.2 Å². The highest BCUT2D eigenvalue weighted by molar-refractivity contribution is 7.80. The standard InChI is InChI=1S/C17H18N4O3S/c1-12-11-14(7-8-15(12)21(23)24)16(22)19-20-17(25)18-10-9-13-5-3-2-4-6-13/h2-8,11H,9-10H2,1H3,(H,19,22)(H2,18,20,25). The van der Waals surface area contributed by atoms with E-state index in [0.717, 1.165) is 6.42 Å². The van der Waals surface area contributed by atoms with Crippen LogP contribution in [0.2, 0.25) is 0 Å². The van der Waals surface area contributed by atoms with Crippen LogP contribution in [0.15, 0.2) is 48.5 Å². The minimum atomic E-state index is -0.485. The molecule has 8 heteroatoms. The summed E-state index contributed by atoms with van der Waals surface area (Å²) in [5.74, 6) is -0.426. The van der Waals surface area contributed by atoms with E-state index in [1.165, 1.54) is 23.8 Å². The van der Waals surface area contributed by atoms with Gasteiger partial charge in [0.05, 0.1) is 4.92 Å². The highest BCUT2D eigenvalue weighted by Gasteiger charge is 2.13. The lowest BCUT2D eigenvalue weighted by Crippen LogP contribution is -2.47. The third-order valence-electron chi connectivity index (χ3n) is 3.49. The second-order valence-electron chi connectivity index (χ2n) is 5.33. The summed E-state index contributed by atoms with van der Waals surface area (Å²) in [5.41, 5.74) is 6.96. The molecule has 0 radical (unpaired) electrons. The molecule has 0 bridgehead atoms. The van der Waals surface area contributed by atoms with E-state index >= 15 is 0 Å². The molecule has 0 aliphatic rings. The second kappa shape index (κ2) is 8.74. The number of nitrogens with zero attached hydrogens (tertiary/aromatic N) is 1. The molecule has 0 unspecified atom stereocenters. The van der Waals surface area contributed by atoms with Crippen LogP contribution in [0, 0.1) is 17.0 Å². The molecule has 0 aliphatic heterocycles. The lowest BCUT2D eigenvalue weighted by molar-refractivity contribution is -0.385. The number of nitro groups is 1. The maximum Gasteiger partial charge on any atom is 0.272 e. The number of hydrazine groups is 1. The first-order valence-corrected chi connectivity index (χ1v) is 8.01. The largest absolute Gasteiger partial charge is 0.361 e. The smallest absolute Gasteiger partial charge is 0.272 e. The van der Waals surface area contributed by atoms with Crippen molar-refractivity contribution in [1.29, 1.82) is 0 Å². The lowest BCUT2D eigenvalue weighted by Gasteiger charge is -2.12. The SMILES string of the molecule is Cc1cc(C(=O)NNC(=S)NCCc2ccccc2)ccc1[N+](=O)[O-]. The van der Waals surface area contributed by atoms with Gasteiger partial charge in [0.2, 0.25) is 0 Å². The summed E-state index contributed by atoms with van der Waals surface area (Å²) in [4.78, 5) is 22.3. The van der Waals surface area contributed by atoms with E-state index in [4.69, 9.17) is 12.2 Å². The Morgan fingerprint density at radius 1 is 1.16 bits per heavy atom. The van der Waals surface area contributed by atoms with Gasteiger partial charge >= 0.3 is 0 Å². The van der Waals surface area contributed by atoms with Crippen molar-refractivity contribution >= 4 is 28.9 Å². The van der Waals surface area contributed by atoms with Crippen LogP contribution in [0.5, 0.6) is 0 Å². The summed E-state index contributed by atoms with van der Waals surface area (Å²) in [6.45, 7) is 2.21. The van der Waals surface area contributed by atoms with Gasteiger partial charge in [-0.15, -0.1) is 0 Å². The third kappa shape index (κ3) is 5.54. The lowest BCUT2D eigenvalue weighted by atomic mass is 10.1. The third-order valence-corrected chi connectivity index (χ3v) is 3.73. The zero-order valence-electron chi connectivity index (χ0n) is 13.6. The first-order valence-electron chi connectivity index (χ1n) is 7.60. The Hall–Kier alpha value is -3.00. The van der Waals surface area contributed by atoms with Gasteiger partial charge < -0.3 is 5.32 Å². The number of aryl methyl sites for hydroxylation is 1. The molecule has 2 aromatic rings. The molecule has 2 aromatic carbocycles. The predicted molar refractivity (Wildman–Crippen MR) is 99.2 cm³/mol. The van der Waals surface area contributed by atoms with Crippen LogP contribution in [0.4, 0.5) is 5.69 Å². The minimum Gasteiger partial charge on any atom is -0.361 e. The Morgan fingerprint density at radius 3 is 2.52 bits per heavy atom. The van der Waals surface area contributed by atoms with Crippen LogP contribution in [0.3, 0.4) is 0 Å². The Balaban J connectivity index is 1.78. The summed E-state index contributed by atoms with van der Waals surface area (Å²) in [5, 5.41) is 14.1. The zero-order valence-corrected chi connectivity index (χ0v) is 14.4. The molecule has 2 rings (SSSR count). The fraction of sp³-hybridized carbons (Fsp3) is 0.176. The number of hydrogen-bond donors (Lipinski definition) is 3. The molecule has 3 N–H and O–H groups in total. The van der Waals surface area contributed by atoms with Gasteiger partial charge in [-0.05, 0) is 43.3 Å². The van der Waals surface area contributed by atoms with E-state index in [0.29, 0.717) is 22.8 Å². The number of nitrogens with one attached hydrogen (secondary N) is 3. The van der Waals surface area contributed by atoms with Gasteiger partial charge in [0.25, 0.3) is 11.6 Å². The molecule has 0 saturated heterocycles. The summed E-state index contributed by atoms with van der Waals surface area (Å²) >= 11 is 5.09. The fourth-order valence-corrected chi connectivity index (χ4v) is 2.35. The molecule has 7 nitrogen and oxygen atoms in total. The number of thiocarbonyl (C=S) groups is 1. The fourth-order valence-electron chi connectivity index (χ4n) is 2.20. The van der Waals surface area contributed by atoms with Gasteiger partial charge in [0.1, 0.15) is 0 Å². The van der Waals surface area contributed by atoms with Crippen LogP contribution < -0.4 is 16.2 Å². The number of carbonyl (C=O) groups excluding carboxylic acids is 1. The van der Waals surface area contributed by atoms with Crippen molar-refractivity contribution in [1.82, 2.24) is 16.2 Å². The zero-order chi connectivity index (χ0) is 18.2. The molecule has 25 heavy (non-hydrogen) atoms. The Labute approximate surface area is 150 Å². The molecule has 0 aliphatic carbocycles. The molecule has 0 fully saturated rings. The number of benzene rings is 2. The highest BCUT2D eigenvalue weighted by atomic mass is 32.1. The topological polar surface area (TPSA) is 96.3 Å². The van der Waals surface area contributed by atoms with Gasteiger partial charge in [0.15, 0.2) is 5.11 Å². The Kier molecular flexibility index (Phi) is 6.41. The van der Waals surface area contributed by atoms with Gasteiger partial charge in [-0.25, -0.2) is 0 Å². The van der Waals surface area contributed by atoms with Crippen molar-refractivity contribution in [2.24, 2.45) is 0 Å². The maximum atomic E-state index is 12.0. The van der Waals surface area contributed by atoms with E-state index in [1.807, 2.05) is 30.3 Å². The highest BCUT2D eigenvalue weighted by Crippen LogP contribution is 2.18. The van der Waals surface area contributed by atoms with E-state index < -0.39 is 10.8 Å².